The van der Waals surface area contributed by atoms with Gasteiger partial charge in [0.15, 0.2) is 15.5 Å². The Morgan fingerprint density at radius 3 is 2.58 bits per heavy atom. The lowest BCUT2D eigenvalue weighted by Crippen LogP contribution is -2.07. The van der Waals surface area contributed by atoms with Crippen LogP contribution in [0.2, 0.25) is 5.02 Å². The number of imidazole rings is 1. The third-order valence-electron chi connectivity index (χ3n) is 4.51. The van der Waals surface area contributed by atoms with E-state index in [1.807, 2.05) is 13.8 Å². The Morgan fingerprint density at radius 1 is 1.27 bits per heavy atom. The van der Waals surface area contributed by atoms with Crippen LogP contribution < -0.4 is 0 Å². The van der Waals surface area contributed by atoms with E-state index in [9.17, 15) is 13.5 Å². The van der Waals surface area contributed by atoms with Gasteiger partial charge in [0.1, 0.15) is 5.52 Å². The maximum absolute atomic E-state index is 11.9. The molecular weight excluding hydrogens is 374 g/mol. The molecule has 0 bridgehead atoms. The molecule has 0 fully saturated rings. The zero-order valence-corrected chi connectivity index (χ0v) is 16.3. The minimum Gasteiger partial charge on any atom is -0.480 e. The summed E-state index contributed by atoms with van der Waals surface area (Å²) in [4.78, 5) is 8.59. The predicted octanol–water partition coefficient (Wildman–Crippen LogP) is 4.22. The molecule has 0 atom stereocenters. The van der Waals surface area contributed by atoms with Gasteiger partial charge in [0.25, 0.3) is 6.01 Å². The Bertz CT molecular complexity index is 1070. The average Bonchev–Trinajstić information content (AvgIpc) is 2.92. The van der Waals surface area contributed by atoms with Crippen LogP contribution in [0.5, 0.6) is 6.01 Å². The molecule has 3 rings (SSSR count). The van der Waals surface area contributed by atoms with E-state index in [0.717, 1.165) is 19.1 Å². The van der Waals surface area contributed by atoms with Gasteiger partial charge in [-0.3, -0.25) is 4.57 Å². The highest BCUT2D eigenvalue weighted by Crippen LogP contribution is 2.39. The summed E-state index contributed by atoms with van der Waals surface area (Å²) in [5, 5.41) is 10.8. The van der Waals surface area contributed by atoms with E-state index in [1.54, 1.807) is 28.8 Å². The van der Waals surface area contributed by atoms with Crippen molar-refractivity contribution in [2.45, 2.75) is 37.6 Å². The van der Waals surface area contributed by atoms with Crippen LogP contribution in [0.3, 0.4) is 0 Å². The largest absolute Gasteiger partial charge is 0.480 e. The smallest absolute Gasteiger partial charge is 0.296 e. The lowest BCUT2D eigenvalue weighted by molar-refractivity contribution is 0.362. The van der Waals surface area contributed by atoms with E-state index in [-0.39, 0.29) is 16.9 Å². The molecule has 6 nitrogen and oxygen atoms in total. The number of nitrogens with zero attached hydrogens (tertiary/aromatic N) is 3. The first-order chi connectivity index (χ1) is 12.3. The molecule has 0 saturated heterocycles. The van der Waals surface area contributed by atoms with Gasteiger partial charge in [0.05, 0.1) is 9.92 Å². The van der Waals surface area contributed by atoms with Gasteiger partial charge in [-0.25, -0.2) is 13.4 Å². The Morgan fingerprint density at radius 2 is 1.96 bits per heavy atom. The fourth-order valence-electron chi connectivity index (χ4n) is 3.18. The van der Waals surface area contributed by atoms with Gasteiger partial charge < -0.3 is 5.11 Å². The van der Waals surface area contributed by atoms with Crippen LogP contribution >= 0.6 is 11.6 Å². The van der Waals surface area contributed by atoms with E-state index in [1.165, 1.54) is 6.20 Å². The van der Waals surface area contributed by atoms with Crippen LogP contribution in [0.4, 0.5) is 0 Å². The number of rotatable bonds is 5. The summed E-state index contributed by atoms with van der Waals surface area (Å²) < 4.78 is 25.6. The van der Waals surface area contributed by atoms with Crippen LogP contribution in [-0.2, 0) is 9.84 Å². The van der Waals surface area contributed by atoms with E-state index < -0.39 is 9.84 Å². The van der Waals surface area contributed by atoms with Crippen molar-refractivity contribution < 1.29 is 13.5 Å². The lowest BCUT2D eigenvalue weighted by atomic mass is 10.0. The monoisotopic (exact) mass is 393 g/mol. The summed E-state index contributed by atoms with van der Waals surface area (Å²) in [6.45, 7) is 4.06. The molecule has 1 aromatic carbocycles. The van der Waals surface area contributed by atoms with Gasteiger partial charge in [-0.05, 0) is 30.5 Å². The van der Waals surface area contributed by atoms with Crippen LogP contribution in [0.25, 0.3) is 22.3 Å². The highest BCUT2D eigenvalue weighted by Gasteiger charge is 2.23. The first-order valence-corrected chi connectivity index (χ1v) is 10.6. The molecule has 0 aliphatic heterocycles. The highest BCUT2D eigenvalue weighted by molar-refractivity contribution is 7.90. The molecule has 1 N–H and O–H groups in total. The van der Waals surface area contributed by atoms with Crippen LogP contribution in [0, 0.1) is 0 Å². The third kappa shape index (κ3) is 3.17. The number of hydrogen-bond acceptors (Lipinski definition) is 5. The second-order valence-electron chi connectivity index (χ2n) is 6.21. The summed E-state index contributed by atoms with van der Waals surface area (Å²) >= 11 is 6.44. The van der Waals surface area contributed by atoms with Gasteiger partial charge in [-0.2, -0.15) is 4.98 Å². The van der Waals surface area contributed by atoms with Gasteiger partial charge >= 0.3 is 0 Å². The van der Waals surface area contributed by atoms with Crippen molar-refractivity contribution in [3.05, 3.63) is 35.5 Å². The van der Waals surface area contributed by atoms with Crippen molar-refractivity contribution in [2.24, 2.45) is 0 Å². The molecule has 2 aromatic heterocycles. The number of aromatic hydroxyl groups is 1. The van der Waals surface area contributed by atoms with E-state index >= 15 is 0 Å². The summed E-state index contributed by atoms with van der Waals surface area (Å²) in [6, 6.07) is 6.49. The molecule has 0 spiro atoms. The van der Waals surface area contributed by atoms with Crippen molar-refractivity contribution in [3.63, 3.8) is 0 Å². The Balaban J connectivity index is 2.38. The van der Waals surface area contributed by atoms with Gasteiger partial charge in [-0.1, -0.05) is 37.6 Å². The molecule has 0 aliphatic rings. The van der Waals surface area contributed by atoms with E-state index in [0.29, 0.717) is 27.3 Å². The van der Waals surface area contributed by atoms with Crippen molar-refractivity contribution >= 4 is 32.6 Å². The number of fused-ring (bicyclic) bond motifs is 1. The van der Waals surface area contributed by atoms with Gasteiger partial charge in [0, 0.05) is 24.1 Å². The molecule has 3 aromatic rings. The zero-order chi connectivity index (χ0) is 19.1. The van der Waals surface area contributed by atoms with Crippen LogP contribution in [-0.4, -0.2) is 34.3 Å². The molecule has 2 heterocycles. The van der Waals surface area contributed by atoms with E-state index in [4.69, 9.17) is 11.6 Å². The maximum atomic E-state index is 11.9. The van der Waals surface area contributed by atoms with E-state index in [2.05, 4.69) is 9.97 Å². The number of benzene rings is 1. The molecule has 0 amide bonds. The molecule has 0 saturated carbocycles. The van der Waals surface area contributed by atoms with Crippen molar-refractivity contribution in [1.82, 2.24) is 14.5 Å². The quantitative estimate of drug-likeness (QED) is 0.701. The standard InChI is InChI=1S/C18H20ClN3O3S/c1-4-12(5-2)22-16-15(14(19)10-20-17(16)21-18(22)23)11-7-6-8-13(9-11)26(3,24)25/h6-10,12H,4-5H2,1-3H3,(H,20,21,23). The average molecular weight is 394 g/mol. The fourth-order valence-corrected chi connectivity index (χ4v) is 4.10. The van der Waals surface area contributed by atoms with Crippen LogP contribution in [0.1, 0.15) is 32.7 Å². The summed E-state index contributed by atoms with van der Waals surface area (Å²) in [7, 11) is -3.36. The van der Waals surface area contributed by atoms with Gasteiger partial charge in [-0.15, -0.1) is 0 Å². The first-order valence-electron chi connectivity index (χ1n) is 8.33. The number of aromatic nitrogens is 3. The second kappa shape index (κ2) is 6.89. The maximum Gasteiger partial charge on any atom is 0.296 e. The number of sulfone groups is 1. The minimum absolute atomic E-state index is 0.0251. The SMILES string of the molecule is CCC(CC)n1c(O)nc2ncc(Cl)c(-c3cccc(S(C)(=O)=O)c3)c21. The molecular formula is C18H20ClN3O3S. The Labute approximate surface area is 157 Å². The summed E-state index contributed by atoms with van der Waals surface area (Å²) in [5.41, 5.74) is 2.23. The normalized spacial score (nSPS) is 12.2. The minimum atomic E-state index is -3.36. The number of halogens is 1. The second-order valence-corrected chi connectivity index (χ2v) is 8.63. The van der Waals surface area contributed by atoms with Crippen molar-refractivity contribution in [2.75, 3.05) is 6.26 Å². The molecule has 8 heteroatoms. The highest BCUT2D eigenvalue weighted by atomic mass is 35.5. The van der Waals surface area contributed by atoms with Crippen molar-refractivity contribution in [1.29, 1.82) is 0 Å². The predicted molar refractivity (Wildman–Crippen MR) is 102 cm³/mol. The van der Waals surface area contributed by atoms with Crippen LogP contribution in [0.15, 0.2) is 35.4 Å². The number of pyridine rings is 1. The molecule has 0 unspecified atom stereocenters. The Hall–Kier alpha value is -2.12. The fraction of sp³-hybridized carbons (Fsp3) is 0.333. The molecule has 0 aliphatic carbocycles. The first kappa shape index (κ1) is 18.7. The number of hydrogen-bond donors (Lipinski definition) is 1. The summed E-state index contributed by atoms with van der Waals surface area (Å²) in [6.07, 6.45) is 4.22. The van der Waals surface area contributed by atoms with Crippen molar-refractivity contribution in [3.8, 4) is 17.1 Å². The van der Waals surface area contributed by atoms with Gasteiger partial charge in [0.2, 0.25) is 0 Å². The lowest BCUT2D eigenvalue weighted by Gasteiger charge is -2.18. The zero-order valence-electron chi connectivity index (χ0n) is 14.8. The third-order valence-corrected chi connectivity index (χ3v) is 5.91. The summed E-state index contributed by atoms with van der Waals surface area (Å²) in [5.74, 6) is 0. The molecule has 138 valence electrons. The topological polar surface area (TPSA) is 85.1 Å². The molecule has 26 heavy (non-hydrogen) atoms. The molecule has 0 radical (unpaired) electrons. The Kier molecular flexibility index (Phi) is 4.94.